The van der Waals surface area contributed by atoms with Gasteiger partial charge in [-0.3, -0.25) is 4.90 Å². The lowest BCUT2D eigenvalue weighted by atomic mass is 9.99. The molecule has 0 spiro atoms. The van der Waals surface area contributed by atoms with Crippen LogP contribution in [0.5, 0.6) is 11.5 Å². The van der Waals surface area contributed by atoms with Crippen molar-refractivity contribution in [3.8, 4) is 11.5 Å². The molecule has 1 atom stereocenters. The fourth-order valence-electron chi connectivity index (χ4n) is 2.77. The molecule has 4 nitrogen and oxygen atoms in total. The summed E-state index contributed by atoms with van der Waals surface area (Å²) in [6.07, 6.45) is 2.86. The van der Waals surface area contributed by atoms with Crippen LogP contribution in [0.1, 0.15) is 18.0 Å². The second kappa shape index (κ2) is 7.82. The van der Waals surface area contributed by atoms with Crippen LogP contribution < -0.4 is 14.8 Å². The molecule has 1 fully saturated rings. The summed E-state index contributed by atoms with van der Waals surface area (Å²) < 4.78 is 11.9. The van der Waals surface area contributed by atoms with Crippen molar-refractivity contribution in [3.05, 3.63) is 34.8 Å². The van der Waals surface area contributed by atoms with Gasteiger partial charge in [0.15, 0.2) is 0 Å². The topological polar surface area (TPSA) is 33.7 Å². The second-order valence-electron chi connectivity index (χ2n) is 5.05. The van der Waals surface area contributed by atoms with Crippen molar-refractivity contribution >= 4 is 15.9 Å². The third-order valence-corrected chi connectivity index (χ3v) is 4.47. The van der Waals surface area contributed by atoms with E-state index in [0.29, 0.717) is 0 Å². The van der Waals surface area contributed by atoms with Crippen LogP contribution in [-0.4, -0.2) is 45.3 Å². The zero-order valence-electron chi connectivity index (χ0n) is 12.7. The number of halogens is 1. The number of benzene rings is 1. The average molecular weight is 355 g/mol. The Labute approximate surface area is 135 Å². The van der Waals surface area contributed by atoms with Crippen LogP contribution in [0.3, 0.4) is 0 Å². The maximum absolute atomic E-state index is 5.58. The molecule has 0 bridgehead atoms. The van der Waals surface area contributed by atoms with Gasteiger partial charge in [-0.25, -0.2) is 0 Å². The lowest BCUT2D eigenvalue weighted by molar-refractivity contribution is 0.171. The number of piperazine rings is 1. The molecule has 1 heterocycles. The van der Waals surface area contributed by atoms with Gasteiger partial charge in [-0.1, -0.05) is 6.08 Å². The van der Waals surface area contributed by atoms with E-state index in [1.807, 2.05) is 12.1 Å². The Hall–Kier alpha value is -1.04. The number of ether oxygens (including phenoxy) is 2. The lowest BCUT2D eigenvalue weighted by Gasteiger charge is -2.35. The molecular formula is C16H23BrN2O2. The van der Waals surface area contributed by atoms with E-state index >= 15 is 0 Å². The molecule has 1 saturated heterocycles. The van der Waals surface area contributed by atoms with E-state index < -0.39 is 0 Å². The van der Waals surface area contributed by atoms with Crippen molar-refractivity contribution in [2.75, 3.05) is 40.4 Å². The van der Waals surface area contributed by atoms with Gasteiger partial charge < -0.3 is 14.8 Å². The smallest absolute Gasteiger partial charge is 0.133 e. The largest absolute Gasteiger partial charge is 0.496 e. The molecule has 0 saturated carbocycles. The van der Waals surface area contributed by atoms with Gasteiger partial charge in [-0.15, -0.1) is 6.58 Å². The molecule has 0 unspecified atom stereocenters. The Morgan fingerprint density at radius 3 is 2.52 bits per heavy atom. The van der Waals surface area contributed by atoms with E-state index in [1.165, 1.54) is 0 Å². The summed E-state index contributed by atoms with van der Waals surface area (Å²) in [5.41, 5.74) is 1.15. The van der Waals surface area contributed by atoms with Gasteiger partial charge >= 0.3 is 0 Å². The molecular weight excluding hydrogens is 332 g/mol. The van der Waals surface area contributed by atoms with Gasteiger partial charge in [0.1, 0.15) is 11.5 Å². The predicted molar refractivity (Wildman–Crippen MR) is 89.2 cm³/mol. The zero-order valence-corrected chi connectivity index (χ0v) is 14.3. The van der Waals surface area contributed by atoms with Crippen molar-refractivity contribution in [2.45, 2.75) is 12.5 Å². The van der Waals surface area contributed by atoms with Crippen molar-refractivity contribution in [2.24, 2.45) is 0 Å². The zero-order chi connectivity index (χ0) is 15.2. The Balaban J connectivity index is 2.39. The quantitative estimate of drug-likeness (QED) is 0.796. The van der Waals surface area contributed by atoms with Crippen LogP contribution in [0.4, 0.5) is 0 Å². The number of nitrogens with zero attached hydrogens (tertiary/aromatic N) is 1. The molecule has 1 aromatic rings. The highest BCUT2D eigenvalue weighted by atomic mass is 79.9. The van der Waals surface area contributed by atoms with Crippen LogP contribution in [0.15, 0.2) is 29.3 Å². The van der Waals surface area contributed by atoms with E-state index in [1.54, 1.807) is 14.2 Å². The maximum Gasteiger partial charge on any atom is 0.133 e. The fourth-order valence-corrected chi connectivity index (χ4v) is 3.25. The first kappa shape index (κ1) is 16.3. The highest BCUT2D eigenvalue weighted by Crippen LogP contribution is 2.39. The summed E-state index contributed by atoms with van der Waals surface area (Å²) in [5.74, 6) is 1.71. The monoisotopic (exact) mass is 354 g/mol. The van der Waals surface area contributed by atoms with Crippen molar-refractivity contribution in [3.63, 3.8) is 0 Å². The van der Waals surface area contributed by atoms with Gasteiger partial charge in [-0.05, 0) is 34.5 Å². The van der Waals surface area contributed by atoms with Crippen molar-refractivity contribution < 1.29 is 9.47 Å². The van der Waals surface area contributed by atoms with Gasteiger partial charge in [0.25, 0.3) is 0 Å². The Kier molecular flexibility index (Phi) is 6.08. The van der Waals surface area contributed by atoms with Crippen LogP contribution in [0.2, 0.25) is 0 Å². The van der Waals surface area contributed by atoms with Crippen LogP contribution in [-0.2, 0) is 0 Å². The molecule has 0 radical (unpaired) electrons. The molecule has 116 valence electrons. The minimum absolute atomic E-state index is 0.265. The summed E-state index contributed by atoms with van der Waals surface area (Å²) in [6.45, 7) is 8.00. The molecule has 1 aromatic carbocycles. The molecule has 5 heteroatoms. The van der Waals surface area contributed by atoms with Gasteiger partial charge in [0, 0.05) is 37.8 Å². The minimum atomic E-state index is 0.265. The SMILES string of the molecule is C=CC[C@@H](c1cc(OC)c(Br)cc1OC)N1CCNCC1. The van der Waals surface area contributed by atoms with E-state index in [-0.39, 0.29) is 6.04 Å². The molecule has 0 amide bonds. The Bertz CT molecular complexity index is 487. The van der Waals surface area contributed by atoms with Crippen molar-refractivity contribution in [1.82, 2.24) is 10.2 Å². The van der Waals surface area contributed by atoms with E-state index in [0.717, 1.165) is 54.1 Å². The first-order valence-electron chi connectivity index (χ1n) is 7.18. The predicted octanol–water partition coefficient (Wildman–Crippen LogP) is 2.99. The summed E-state index contributed by atoms with van der Waals surface area (Å²) in [4.78, 5) is 2.48. The van der Waals surface area contributed by atoms with E-state index in [9.17, 15) is 0 Å². The third kappa shape index (κ3) is 3.78. The average Bonchev–Trinajstić information content (AvgIpc) is 2.53. The highest BCUT2D eigenvalue weighted by molar-refractivity contribution is 9.10. The van der Waals surface area contributed by atoms with Gasteiger partial charge in [0.2, 0.25) is 0 Å². The van der Waals surface area contributed by atoms with Crippen molar-refractivity contribution in [1.29, 1.82) is 0 Å². The summed E-state index contributed by atoms with van der Waals surface area (Å²) in [6, 6.07) is 4.31. The van der Waals surface area contributed by atoms with Gasteiger partial charge in [0.05, 0.1) is 18.7 Å². The molecule has 1 N–H and O–H groups in total. The summed E-state index contributed by atoms with van der Waals surface area (Å²) in [7, 11) is 3.39. The third-order valence-electron chi connectivity index (χ3n) is 3.85. The number of methoxy groups -OCH3 is 2. The number of nitrogens with one attached hydrogen (secondary N) is 1. The molecule has 2 rings (SSSR count). The first-order chi connectivity index (χ1) is 10.2. The van der Waals surface area contributed by atoms with E-state index in [4.69, 9.17) is 9.47 Å². The normalized spacial score (nSPS) is 17.3. The summed E-state index contributed by atoms with van der Waals surface area (Å²) in [5, 5.41) is 3.39. The standard InChI is InChI=1S/C16H23BrN2O2/c1-4-5-14(19-8-6-18-7-9-19)12-10-16(21-3)13(17)11-15(12)20-2/h4,10-11,14,18H,1,5-9H2,2-3H3/t14-/m0/s1. The number of rotatable bonds is 6. The molecule has 1 aliphatic rings. The molecule has 0 aromatic heterocycles. The lowest BCUT2D eigenvalue weighted by Crippen LogP contribution is -2.45. The first-order valence-corrected chi connectivity index (χ1v) is 7.97. The summed E-state index contributed by atoms with van der Waals surface area (Å²) >= 11 is 3.52. The van der Waals surface area contributed by atoms with Crippen LogP contribution >= 0.6 is 15.9 Å². The second-order valence-corrected chi connectivity index (χ2v) is 5.91. The molecule has 0 aliphatic carbocycles. The van der Waals surface area contributed by atoms with E-state index in [2.05, 4.69) is 38.8 Å². The number of hydrogen-bond donors (Lipinski definition) is 1. The van der Waals surface area contributed by atoms with Crippen LogP contribution in [0.25, 0.3) is 0 Å². The Morgan fingerprint density at radius 2 is 1.95 bits per heavy atom. The van der Waals surface area contributed by atoms with Gasteiger partial charge in [-0.2, -0.15) is 0 Å². The Morgan fingerprint density at radius 1 is 1.29 bits per heavy atom. The van der Waals surface area contributed by atoms with Crippen LogP contribution in [0, 0.1) is 0 Å². The fraction of sp³-hybridized carbons (Fsp3) is 0.500. The highest BCUT2D eigenvalue weighted by Gasteiger charge is 2.25. The minimum Gasteiger partial charge on any atom is -0.496 e. The number of hydrogen-bond acceptors (Lipinski definition) is 4. The molecule has 1 aliphatic heterocycles. The molecule has 21 heavy (non-hydrogen) atoms. The maximum atomic E-state index is 5.58.